The van der Waals surface area contributed by atoms with Crippen molar-refractivity contribution in [2.24, 2.45) is 23.7 Å². The number of phosphoric acid groups is 2. The van der Waals surface area contributed by atoms with Crippen LogP contribution in [-0.4, -0.2) is 96.7 Å². The van der Waals surface area contributed by atoms with Gasteiger partial charge >= 0.3 is 39.5 Å². The molecule has 0 aliphatic heterocycles. The highest BCUT2D eigenvalue weighted by molar-refractivity contribution is 7.47. The number of aliphatic hydroxyl groups is 1. The first-order chi connectivity index (χ1) is 51.2. The van der Waals surface area contributed by atoms with E-state index >= 15 is 0 Å². The maximum absolute atomic E-state index is 13.1. The van der Waals surface area contributed by atoms with Gasteiger partial charge < -0.3 is 33.8 Å². The van der Waals surface area contributed by atoms with Crippen LogP contribution in [0.1, 0.15) is 453 Å². The molecule has 0 aromatic rings. The summed E-state index contributed by atoms with van der Waals surface area (Å²) in [5.41, 5.74) is 0. The van der Waals surface area contributed by atoms with Crippen molar-refractivity contribution >= 4 is 39.5 Å². The molecule has 0 bridgehead atoms. The third-order valence-electron chi connectivity index (χ3n) is 21.0. The quantitative estimate of drug-likeness (QED) is 0.0222. The van der Waals surface area contributed by atoms with Crippen molar-refractivity contribution in [1.82, 2.24) is 0 Å². The van der Waals surface area contributed by atoms with Crippen LogP contribution in [-0.2, 0) is 65.4 Å². The number of carbonyl (C=O) groups is 4. The minimum absolute atomic E-state index is 0.107. The molecule has 7 atom stereocenters. The zero-order valence-corrected chi connectivity index (χ0v) is 71.9. The summed E-state index contributed by atoms with van der Waals surface area (Å²) in [6.07, 6.45) is 65.3. The molecule has 3 N–H and O–H groups in total. The number of ether oxygens (including phenoxy) is 4. The van der Waals surface area contributed by atoms with E-state index in [1.807, 2.05) is 0 Å². The number of phosphoric ester groups is 2. The third kappa shape index (κ3) is 77.4. The lowest BCUT2D eigenvalue weighted by atomic mass is 9.99. The molecule has 0 aliphatic carbocycles. The van der Waals surface area contributed by atoms with Crippen LogP contribution in [0.3, 0.4) is 0 Å². The molecule has 19 heteroatoms. The van der Waals surface area contributed by atoms with Crippen LogP contribution in [0.4, 0.5) is 0 Å². The van der Waals surface area contributed by atoms with Gasteiger partial charge in [0, 0.05) is 25.7 Å². The van der Waals surface area contributed by atoms with Crippen LogP contribution in [0, 0.1) is 23.7 Å². The highest BCUT2D eigenvalue weighted by Gasteiger charge is 2.31. The van der Waals surface area contributed by atoms with Crippen molar-refractivity contribution in [1.29, 1.82) is 0 Å². The van der Waals surface area contributed by atoms with Gasteiger partial charge in [0.25, 0.3) is 0 Å². The predicted molar refractivity (Wildman–Crippen MR) is 437 cm³/mol. The molecule has 0 rings (SSSR count). The Morgan fingerprint density at radius 3 is 0.670 bits per heavy atom. The second-order valence-electron chi connectivity index (χ2n) is 32.7. The highest BCUT2D eigenvalue weighted by atomic mass is 31.2. The first kappa shape index (κ1) is 104. The van der Waals surface area contributed by atoms with Crippen molar-refractivity contribution in [3.63, 3.8) is 0 Å². The molecule has 106 heavy (non-hydrogen) atoms. The molecule has 0 saturated carbocycles. The van der Waals surface area contributed by atoms with Crippen LogP contribution >= 0.6 is 15.6 Å². The Balaban J connectivity index is 5.21. The monoisotopic (exact) mass is 1550 g/mol. The van der Waals surface area contributed by atoms with Crippen LogP contribution < -0.4 is 0 Å². The summed E-state index contributed by atoms with van der Waals surface area (Å²) in [4.78, 5) is 73.2. The van der Waals surface area contributed by atoms with Gasteiger partial charge in [-0.1, -0.05) is 402 Å². The first-order valence-electron chi connectivity index (χ1n) is 44.8. The zero-order valence-electron chi connectivity index (χ0n) is 70.1. The maximum Gasteiger partial charge on any atom is 0.472 e. The zero-order chi connectivity index (χ0) is 78.1. The first-order valence-corrected chi connectivity index (χ1v) is 47.8. The van der Waals surface area contributed by atoms with Gasteiger partial charge in [-0.25, -0.2) is 9.13 Å². The van der Waals surface area contributed by atoms with Gasteiger partial charge in [0.1, 0.15) is 19.3 Å². The molecule has 0 aromatic carbocycles. The fourth-order valence-electron chi connectivity index (χ4n) is 13.4. The lowest BCUT2D eigenvalue weighted by Crippen LogP contribution is -2.30. The molecule has 630 valence electrons. The van der Waals surface area contributed by atoms with E-state index in [1.165, 1.54) is 250 Å². The number of hydrogen-bond donors (Lipinski definition) is 3. The van der Waals surface area contributed by atoms with E-state index in [2.05, 4.69) is 55.4 Å². The summed E-state index contributed by atoms with van der Waals surface area (Å²) in [5, 5.41) is 10.7. The number of rotatable bonds is 84. The van der Waals surface area contributed by atoms with Gasteiger partial charge in [0.05, 0.1) is 26.4 Å². The Kier molecular flexibility index (Phi) is 74.3. The van der Waals surface area contributed by atoms with Gasteiger partial charge in [-0.3, -0.25) is 37.3 Å². The van der Waals surface area contributed by atoms with Gasteiger partial charge in [0.2, 0.25) is 0 Å². The number of unbranched alkanes of at least 4 members (excludes halogenated alkanes) is 48. The van der Waals surface area contributed by atoms with Crippen molar-refractivity contribution < 1.29 is 80.2 Å². The molecule has 0 amide bonds. The second-order valence-corrected chi connectivity index (χ2v) is 35.6. The third-order valence-corrected chi connectivity index (χ3v) is 22.9. The minimum Gasteiger partial charge on any atom is -0.462 e. The van der Waals surface area contributed by atoms with Crippen molar-refractivity contribution in [3.8, 4) is 0 Å². The van der Waals surface area contributed by atoms with Crippen molar-refractivity contribution in [2.75, 3.05) is 39.6 Å². The number of aliphatic hydroxyl groups excluding tert-OH is 1. The average Bonchev–Trinajstić information content (AvgIpc) is 0.936. The molecule has 0 aromatic heterocycles. The molecule has 0 spiro atoms. The van der Waals surface area contributed by atoms with E-state index in [9.17, 15) is 43.2 Å². The Hall–Kier alpha value is -1.94. The molecule has 4 unspecified atom stereocenters. The number of esters is 4. The fraction of sp³-hybridized carbons (Fsp3) is 0.954. The SMILES string of the molecule is CCC(C)CCCCCCCCCCCCCCCCCCCCC(=O)O[C@H](COC(=O)CCCCCCCCC(C)CC)COP(=O)(O)OC[C@H](O)COP(=O)(O)OC[C@@H](COC(=O)CCCCCCCCCCCCCCCCCC(C)C)OC(=O)CCCCCCCCCCCCCCCC(C)C. The number of hydrogen-bond acceptors (Lipinski definition) is 15. The van der Waals surface area contributed by atoms with Crippen LogP contribution in [0.2, 0.25) is 0 Å². The van der Waals surface area contributed by atoms with Crippen molar-refractivity contribution in [3.05, 3.63) is 0 Å². The molecule has 0 radical (unpaired) electrons. The molecule has 0 saturated heterocycles. The van der Waals surface area contributed by atoms with E-state index in [4.69, 9.17) is 37.0 Å². The normalized spacial score (nSPS) is 14.4. The smallest absolute Gasteiger partial charge is 0.462 e. The summed E-state index contributed by atoms with van der Waals surface area (Å²) in [5.74, 6) is 1.09. The molecular weight excluding hydrogens is 1380 g/mol. The number of carbonyl (C=O) groups excluding carboxylic acids is 4. The lowest BCUT2D eigenvalue weighted by Gasteiger charge is -2.21. The summed E-state index contributed by atoms with van der Waals surface area (Å²) in [7, 11) is -9.93. The van der Waals surface area contributed by atoms with Gasteiger partial charge in [0.15, 0.2) is 12.2 Å². The highest BCUT2D eigenvalue weighted by Crippen LogP contribution is 2.45. The maximum atomic E-state index is 13.1. The molecule has 17 nitrogen and oxygen atoms in total. The molecule has 0 heterocycles. The van der Waals surface area contributed by atoms with Gasteiger partial charge in [-0.05, 0) is 49.4 Å². The van der Waals surface area contributed by atoms with E-state index in [1.54, 1.807) is 0 Å². The van der Waals surface area contributed by atoms with Gasteiger partial charge in [-0.15, -0.1) is 0 Å². The molecule has 0 aliphatic rings. The van der Waals surface area contributed by atoms with E-state index in [-0.39, 0.29) is 25.7 Å². The summed E-state index contributed by atoms with van der Waals surface area (Å²) in [6, 6.07) is 0. The summed E-state index contributed by atoms with van der Waals surface area (Å²) in [6.45, 7) is 14.4. The van der Waals surface area contributed by atoms with Gasteiger partial charge in [-0.2, -0.15) is 0 Å². The van der Waals surface area contributed by atoms with E-state index in [0.29, 0.717) is 25.7 Å². The van der Waals surface area contributed by atoms with Crippen LogP contribution in [0.5, 0.6) is 0 Å². The Labute approximate surface area is 651 Å². The predicted octanol–water partition coefficient (Wildman–Crippen LogP) is 26.3. The summed E-state index contributed by atoms with van der Waals surface area (Å²) >= 11 is 0. The van der Waals surface area contributed by atoms with E-state index < -0.39 is 97.5 Å². The lowest BCUT2D eigenvalue weighted by molar-refractivity contribution is -0.161. The van der Waals surface area contributed by atoms with Crippen LogP contribution in [0.25, 0.3) is 0 Å². The topological polar surface area (TPSA) is 237 Å². The molecule has 0 fully saturated rings. The largest absolute Gasteiger partial charge is 0.472 e. The van der Waals surface area contributed by atoms with E-state index in [0.717, 1.165) is 120 Å². The average molecular weight is 1550 g/mol. The van der Waals surface area contributed by atoms with Crippen molar-refractivity contribution in [2.45, 2.75) is 472 Å². The fourth-order valence-corrected chi connectivity index (χ4v) is 15.0. The standard InChI is InChI=1S/C87H170O17P2/c1-9-79(7)65-57-49-41-35-29-23-17-13-11-12-14-18-25-31-37-43-53-61-69-87(92)104-83(74-98-85(90)68-60-52-46-45-50-58-66-80(8)10-2)76-102-106(95,96)100-72-81(88)71-99-105(93,94)101-75-82(103-86(91)70-62-54-44-38-32-26-20-22-28-34-40-48-56-64-78(5)6)73-97-84(89)67-59-51-42-36-30-24-19-15-16-21-27-33-39-47-55-63-77(3)4/h77-83,88H,9-76H2,1-8H3,(H,93,94)(H,95,96)/t79?,80?,81-,82-,83-/m1/s1. The summed E-state index contributed by atoms with van der Waals surface area (Å²) < 4.78 is 68.9. The molecular formula is C87H170O17P2. The Morgan fingerprint density at radius 2 is 0.453 bits per heavy atom. The minimum atomic E-state index is -4.97. The van der Waals surface area contributed by atoms with Crippen LogP contribution in [0.15, 0.2) is 0 Å². The second kappa shape index (κ2) is 75.7. The Morgan fingerprint density at radius 1 is 0.264 bits per heavy atom. The Bertz CT molecular complexity index is 2060.